The van der Waals surface area contributed by atoms with E-state index in [1.165, 1.54) is 17.6 Å². The van der Waals surface area contributed by atoms with E-state index in [1.807, 2.05) is 49.5 Å². The van der Waals surface area contributed by atoms with Gasteiger partial charge in [-0.1, -0.05) is 36.4 Å². The minimum Gasteiger partial charge on any atom is -0.465 e. The third kappa shape index (κ3) is 4.96. The van der Waals surface area contributed by atoms with Crippen LogP contribution in [-0.4, -0.2) is 29.8 Å². The molecule has 0 saturated heterocycles. The van der Waals surface area contributed by atoms with Crippen LogP contribution in [0.5, 0.6) is 0 Å². The summed E-state index contributed by atoms with van der Waals surface area (Å²) in [5.41, 5.74) is 4.12. The van der Waals surface area contributed by atoms with Gasteiger partial charge in [0.15, 0.2) is 0 Å². The molecule has 1 unspecified atom stereocenters. The number of aromatic nitrogens is 1. The summed E-state index contributed by atoms with van der Waals surface area (Å²) in [4.78, 5) is 26.1. The van der Waals surface area contributed by atoms with Gasteiger partial charge in [-0.05, 0) is 60.7 Å². The van der Waals surface area contributed by atoms with Crippen molar-refractivity contribution in [3.05, 3.63) is 101 Å². The number of nitrogens with one attached hydrogen (secondary N) is 1. The number of esters is 1. The molecule has 0 aliphatic heterocycles. The van der Waals surface area contributed by atoms with Gasteiger partial charge < -0.3 is 14.6 Å². The lowest BCUT2D eigenvalue weighted by atomic mass is 10.0. The molecule has 0 aliphatic carbocycles. The molecule has 6 heteroatoms. The molecule has 0 aliphatic rings. The second-order valence-electron chi connectivity index (χ2n) is 7.84. The third-order valence-corrected chi connectivity index (χ3v) is 6.47. The molecule has 1 heterocycles. The average molecular weight is 459 g/mol. The summed E-state index contributed by atoms with van der Waals surface area (Å²) in [6.07, 6.45) is 4.09. The van der Waals surface area contributed by atoms with E-state index in [1.54, 1.807) is 23.9 Å². The van der Waals surface area contributed by atoms with Crippen LogP contribution in [0.2, 0.25) is 0 Å². The van der Waals surface area contributed by atoms with Crippen molar-refractivity contribution < 1.29 is 14.3 Å². The SMILES string of the molecule is COC(=O)c1ccc(C(C)NC(=O)c2cccc3ccn(Cc4ccc(SC)cc4)c23)cc1. The Kier molecular flexibility index (Phi) is 6.84. The molecule has 1 amide bonds. The summed E-state index contributed by atoms with van der Waals surface area (Å²) in [7, 11) is 1.36. The second-order valence-corrected chi connectivity index (χ2v) is 8.72. The molecule has 0 spiro atoms. The number of carbonyl (C=O) groups excluding carboxylic acids is 2. The molecule has 5 nitrogen and oxygen atoms in total. The summed E-state index contributed by atoms with van der Waals surface area (Å²) >= 11 is 1.72. The van der Waals surface area contributed by atoms with E-state index in [-0.39, 0.29) is 17.9 Å². The zero-order chi connectivity index (χ0) is 23.4. The van der Waals surface area contributed by atoms with Gasteiger partial charge in [0.05, 0.1) is 29.8 Å². The Morgan fingerprint density at radius 3 is 2.39 bits per heavy atom. The van der Waals surface area contributed by atoms with Gasteiger partial charge in [-0.15, -0.1) is 11.8 Å². The minimum absolute atomic E-state index is 0.136. The van der Waals surface area contributed by atoms with Crippen LogP contribution in [0.4, 0.5) is 0 Å². The average Bonchev–Trinajstić information content (AvgIpc) is 3.26. The molecule has 0 radical (unpaired) electrons. The number of rotatable bonds is 7. The van der Waals surface area contributed by atoms with E-state index in [9.17, 15) is 9.59 Å². The molecule has 1 atom stereocenters. The number of fused-ring (bicyclic) bond motifs is 1. The molecule has 3 aromatic carbocycles. The van der Waals surface area contributed by atoms with Crippen LogP contribution in [0, 0.1) is 0 Å². The quantitative estimate of drug-likeness (QED) is 0.286. The van der Waals surface area contributed by atoms with Gasteiger partial charge in [0, 0.05) is 23.0 Å². The maximum Gasteiger partial charge on any atom is 0.337 e. The number of ether oxygens (including phenoxy) is 1. The van der Waals surface area contributed by atoms with Crippen LogP contribution in [-0.2, 0) is 11.3 Å². The van der Waals surface area contributed by atoms with Crippen molar-refractivity contribution in [1.29, 1.82) is 0 Å². The summed E-state index contributed by atoms with van der Waals surface area (Å²) in [6.45, 7) is 2.62. The molecule has 0 bridgehead atoms. The molecular formula is C27H26N2O3S. The first-order chi connectivity index (χ1) is 16.0. The predicted octanol–water partition coefficient (Wildman–Crippen LogP) is 5.69. The highest BCUT2D eigenvalue weighted by molar-refractivity contribution is 7.98. The number of thioether (sulfide) groups is 1. The van der Waals surface area contributed by atoms with Crippen LogP contribution in [0.3, 0.4) is 0 Å². The largest absolute Gasteiger partial charge is 0.465 e. The van der Waals surface area contributed by atoms with E-state index in [4.69, 9.17) is 4.74 Å². The molecule has 0 saturated carbocycles. The molecule has 33 heavy (non-hydrogen) atoms. The number of para-hydroxylation sites is 1. The topological polar surface area (TPSA) is 60.3 Å². The van der Waals surface area contributed by atoms with Crippen molar-refractivity contribution in [1.82, 2.24) is 9.88 Å². The monoisotopic (exact) mass is 458 g/mol. The summed E-state index contributed by atoms with van der Waals surface area (Å²) in [6, 6.07) is 23.2. The number of methoxy groups -OCH3 is 1. The third-order valence-electron chi connectivity index (χ3n) is 5.72. The van der Waals surface area contributed by atoms with Crippen molar-refractivity contribution in [2.45, 2.75) is 24.4 Å². The van der Waals surface area contributed by atoms with Gasteiger partial charge in [-0.3, -0.25) is 4.79 Å². The second kappa shape index (κ2) is 9.96. The van der Waals surface area contributed by atoms with Crippen LogP contribution < -0.4 is 5.32 Å². The van der Waals surface area contributed by atoms with Crippen LogP contribution in [0.25, 0.3) is 10.9 Å². The van der Waals surface area contributed by atoms with Crippen LogP contribution >= 0.6 is 11.8 Å². The van der Waals surface area contributed by atoms with Crippen LogP contribution in [0.15, 0.2) is 83.9 Å². The number of nitrogens with zero attached hydrogens (tertiary/aromatic N) is 1. The van der Waals surface area contributed by atoms with Gasteiger partial charge in [0.1, 0.15) is 0 Å². The standard InChI is InChI=1S/C27H26N2O3S/c1-18(20-9-11-22(12-10-20)27(31)32-2)28-26(30)24-6-4-5-21-15-16-29(25(21)24)17-19-7-13-23(33-3)14-8-19/h4-16,18H,17H2,1-3H3,(H,28,30). The van der Waals surface area contributed by atoms with Gasteiger partial charge in [-0.2, -0.15) is 0 Å². The number of amides is 1. The van der Waals surface area contributed by atoms with Crippen LogP contribution in [0.1, 0.15) is 44.8 Å². The van der Waals surface area contributed by atoms with E-state index in [0.29, 0.717) is 17.7 Å². The highest BCUT2D eigenvalue weighted by atomic mass is 32.2. The van der Waals surface area contributed by atoms with E-state index >= 15 is 0 Å². The Balaban J connectivity index is 1.56. The smallest absolute Gasteiger partial charge is 0.337 e. The molecular weight excluding hydrogens is 432 g/mol. The fraction of sp³-hybridized carbons (Fsp3) is 0.185. The normalized spacial score (nSPS) is 11.8. The summed E-state index contributed by atoms with van der Waals surface area (Å²) in [5.74, 6) is -0.517. The Bertz CT molecular complexity index is 1280. The molecule has 0 fully saturated rings. The summed E-state index contributed by atoms with van der Waals surface area (Å²) < 4.78 is 6.86. The lowest BCUT2D eigenvalue weighted by Gasteiger charge is -2.16. The number of benzene rings is 3. The Hall–Kier alpha value is -3.51. The first-order valence-corrected chi connectivity index (χ1v) is 11.9. The Morgan fingerprint density at radius 1 is 1.00 bits per heavy atom. The summed E-state index contributed by atoms with van der Waals surface area (Å²) in [5, 5.41) is 4.12. The Labute approximate surface area is 197 Å². The van der Waals surface area contributed by atoms with Crippen molar-refractivity contribution in [2.24, 2.45) is 0 Å². The molecule has 168 valence electrons. The predicted molar refractivity (Wildman–Crippen MR) is 133 cm³/mol. The first-order valence-electron chi connectivity index (χ1n) is 10.7. The van der Waals surface area contributed by atoms with Gasteiger partial charge in [0.25, 0.3) is 5.91 Å². The zero-order valence-corrected chi connectivity index (χ0v) is 19.7. The maximum absolute atomic E-state index is 13.2. The van der Waals surface area contributed by atoms with E-state index < -0.39 is 0 Å². The first kappa shape index (κ1) is 22.7. The lowest BCUT2D eigenvalue weighted by Crippen LogP contribution is -2.27. The Morgan fingerprint density at radius 2 is 1.73 bits per heavy atom. The van der Waals surface area contributed by atoms with Crippen molar-refractivity contribution >= 4 is 34.5 Å². The van der Waals surface area contributed by atoms with Gasteiger partial charge >= 0.3 is 5.97 Å². The highest BCUT2D eigenvalue weighted by Gasteiger charge is 2.17. The number of hydrogen-bond acceptors (Lipinski definition) is 4. The molecule has 1 N–H and O–H groups in total. The zero-order valence-electron chi connectivity index (χ0n) is 18.9. The lowest BCUT2D eigenvalue weighted by molar-refractivity contribution is 0.0600. The van der Waals surface area contributed by atoms with Crippen molar-refractivity contribution in [3.63, 3.8) is 0 Å². The fourth-order valence-electron chi connectivity index (χ4n) is 3.89. The van der Waals surface area contributed by atoms with Crippen molar-refractivity contribution in [2.75, 3.05) is 13.4 Å². The minimum atomic E-state index is -0.381. The maximum atomic E-state index is 13.2. The van der Waals surface area contributed by atoms with E-state index in [0.717, 1.165) is 16.5 Å². The number of carbonyl (C=O) groups is 2. The highest BCUT2D eigenvalue weighted by Crippen LogP contribution is 2.24. The fourth-order valence-corrected chi connectivity index (χ4v) is 4.30. The molecule has 1 aromatic heterocycles. The van der Waals surface area contributed by atoms with Crippen molar-refractivity contribution in [3.8, 4) is 0 Å². The molecule has 4 rings (SSSR count). The molecule has 4 aromatic rings. The van der Waals surface area contributed by atoms with Gasteiger partial charge in [-0.25, -0.2) is 4.79 Å². The number of hydrogen-bond donors (Lipinski definition) is 1. The van der Waals surface area contributed by atoms with Gasteiger partial charge in [0.2, 0.25) is 0 Å². The van der Waals surface area contributed by atoms with E-state index in [2.05, 4.69) is 40.4 Å².